The van der Waals surface area contributed by atoms with Crippen molar-refractivity contribution >= 4 is 15.9 Å². The van der Waals surface area contributed by atoms with E-state index < -0.39 is 0 Å². The first-order chi connectivity index (χ1) is 6.79. The number of alkyl halides is 1. The molecule has 0 spiro atoms. The number of rotatable bonds is 2. The number of nitrogens with zero attached hydrogens (tertiary/aromatic N) is 2. The first-order valence-corrected chi connectivity index (χ1v) is 5.42. The fraction of sp³-hybridized carbons (Fsp3) is 0.182. The fourth-order valence-electron chi connectivity index (χ4n) is 1.46. The van der Waals surface area contributed by atoms with Gasteiger partial charge in [0.1, 0.15) is 0 Å². The van der Waals surface area contributed by atoms with Crippen molar-refractivity contribution in [2.75, 3.05) is 0 Å². The van der Waals surface area contributed by atoms with Gasteiger partial charge in [-0.3, -0.25) is 0 Å². The molecule has 1 heterocycles. The average Bonchev–Trinajstić information content (AvgIpc) is 2.70. The lowest BCUT2D eigenvalue weighted by molar-refractivity contribution is 0.999. The number of benzene rings is 1. The number of aromatic nitrogens is 2. The zero-order valence-electron chi connectivity index (χ0n) is 7.89. The Kier molecular flexibility index (Phi) is 2.68. The summed E-state index contributed by atoms with van der Waals surface area (Å²) >= 11 is 3.59. The van der Waals surface area contributed by atoms with Crippen LogP contribution in [0.4, 0.5) is 0 Å². The summed E-state index contributed by atoms with van der Waals surface area (Å²) in [7, 11) is 0. The van der Waals surface area contributed by atoms with E-state index in [1.165, 1.54) is 11.3 Å². The summed E-state index contributed by atoms with van der Waals surface area (Å²) in [6.07, 6.45) is 5.55. The molecule has 2 aromatic rings. The average molecular weight is 251 g/mol. The molecular weight excluding hydrogens is 240 g/mol. The van der Waals surface area contributed by atoms with Crippen molar-refractivity contribution in [1.29, 1.82) is 0 Å². The van der Waals surface area contributed by atoms with E-state index in [2.05, 4.69) is 40.0 Å². The Morgan fingerprint density at radius 2 is 2.14 bits per heavy atom. The summed E-state index contributed by atoms with van der Waals surface area (Å²) in [5.41, 5.74) is 2.44. The van der Waals surface area contributed by atoms with E-state index in [1.807, 2.05) is 29.2 Å². The molecule has 1 unspecified atom stereocenters. The van der Waals surface area contributed by atoms with Crippen LogP contribution in [0.15, 0.2) is 43.0 Å². The molecule has 14 heavy (non-hydrogen) atoms. The predicted molar refractivity (Wildman–Crippen MR) is 60.9 cm³/mol. The summed E-state index contributed by atoms with van der Waals surface area (Å²) in [6, 6.07) is 8.30. The molecule has 0 bridgehead atoms. The lowest BCUT2D eigenvalue weighted by atomic mass is 10.1. The van der Waals surface area contributed by atoms with Crippen molar-refractivity contribution in [3.8, 4) is 5.69 Å². The van der Waals surface area contributed by atoms with Gasteiger partial charge in [-0.05, 0) is 18.6 Å². The van der Waals surface area contributed by atoms with E-state index in [9.17, 15) is 0 Å². The van der Waals surface area contributed by atoms with E-state index in [1.54, 1.807) is 6.20 Å². The van der Waals surface area contributed by atoms with Gasteiger partial charge in [0.05, 0.1) is 12.0 Å². The number of halogens is 1. The lowest BCUT2D eigenvalue weighted by Gasteiger charge is -2.11. The molecule has 0 amide bonds. The van der Waals surface area contributed by atoms with Crippen molar-refractivity contribution < 1.29 is 0 Å². The minimum absolute atomic E-state index is 0.348. The molecule has 1 atom stereocenters. The Labute approximate surface area is 91.7 Å². The van der Waals surface area contributed by atoms with Gasteiger partial charge < -0.3 is 4.57 Å². The third kappa shape index (κ3) is 1.73. The molecule has 2 nitrogen and oxygen atoms in total. The number of hydrogen-bond acceptors (Lipinski definition) is 1. The maximum atomic E-state index is 4.05. The molecule has 0 saturated carbocycles. The number of hydrogen-bond donors (Lipinski definition) is 0. The Hall–Kier alpha value is -1.09. The molecule has 0 fully saturated rings. The van der Waals surface area contributed by atoms with Gasteiger partial charge in [-0.1, -0.05) is 34.1 Å². The molecule has 1 aromatic carbocycles. The zero-order chi connectivity index (χ0) is 9.97. The van der Waals surface area contributed by atoms with Crippen molar-refractivity contribution in [3.63, 3.8) is 0 Å². The first-order valence-electron chi connectivity index (χ1n) is 4.50. The topological polar surface area (TPSA) is 17.8 Å². The summed E-state index contributed by atoms with van der Waals surface area (Å²) in [5, 5.41) is 0. The third-order valence-electron chi connectivity index (χ3n) is 2.15. The van der Waals surface area contributed by atoms with Gasteiger partial charge in [0.25, 0.3) is 0 Å². The van der Waals surface area contributed by atoms with Crippen LogP contribution in [-0.2, 0) is 0 Å². The highest BCUT2D eigenvalue weighted by atomic mass is 79.9. The molecule has 2 rings (SSSR count). The molecule has 0 aliphatic heterocycles. The maximum Gasteiger partial charge on any atom is 0.0991 e. The maximum absolute atomic E-state index is 4.05. The second-order valence-electron chi connectivity index (χ2n) is 3.14. The van der Waals surface area contributed by atoms with E-state index >= 15 is 0 Å². The number of imidazole rings is 1. The predicted octanol–water partition coefficient (Wildman–Crippen LogP) is 3.33. The van der Waals surface area contributed by atoms with Crippen molar-refractivity contribution in [3.05, 3.63) is 48.5 Å². The first kappa shape index (κ1) is 9.46. The van der Waals surface area contributed by atoms with E-state index in [0.717, 1.165) is 0 Å². The molecule has 0 saturated heterocycles. The molecular formula is C11H11BrN2. The molecule has 0 N–H and O–H groups in total. The van der Waals surface area contributed by atoms with Crippen LogP contribution in [0.1, 0.15) is 17.3 Å². The minimum Gasteiger partial charge on any atom is -0.306 e. The highest BCUT2D eigenvalue weighted by molar-refractivity contribution is 9.09. The van der Waals surface area contributed by atoms with Gasteiger partial charge in [-0.15, -0.1) is 0 Å². The fourth-order valence-corrected chi connectivity index (χ4v) is 1.85. The number of para-hydroxylation sites is 1. The van der Waals surface area contributed by atoms with Gasteiger partial charge in [0, 0.05) is 17.2 Å². The van der Waals surface area contributed by atoms with Gasteiger partial charge >= 0.3 is 0 Å². The van der Waals surface area contributed by atoms with Crippen LogP contribution in [0.25, 0.3) is 5.69 Å². The standard InChI is InChI=1S/C11H11BrN2/c1-9(12)10-4-2-3-5-11(10)14-7-6-13-8-14/h2-9H,1H3. The minimum atomic E-state index is 0.348. The van der Waals surface area contributed by atoms with Crippen LogP contribution < -0.4 is 0 Å². The van der Waals surface area contributed by atoms with Crippen LogP contribution in [-0.4, -0.2) is 9.55 Å². The molecule has 72 valence electrons. The van der Waals surface area contributed by atoms with Crippen LogP contribution >= 0.6 is 15.9 Å². The summed E-state index contributed by atoms with van der Waals surface area (Å²) < 4.78 is 2.02. The van der Waals surface area contributed by atoms with E-state index in [-0.39, 0.29) is 0 Å². The highest BCUT2D eigenvalue weighted by Crippen LogP contribution is 2.27. The zero-order valence-corrected chi connectivity index (χ0v) is 9.48. The lowest BCUT2D eigenvalue weighted by Crippen LogP contribution is -1.96. The Balaban J connectivity index is 2.53. The molecule has 3 heteroatoms. The van der Waals surface area contributed by atoms with Crippen molar-refractivity contribution in [2.24, 2.45) is 0 Å². The SMILES string of the molecule is CC(Br)c1ccccc1-n1ccnc1. The van der Waals surface area contributed by atoms with Crippen LogP contribution in [0, 0.1) is 0 Å². The van der Waals surface area contributed by atoms with Crippen molar-refractivity contribution in [1.82, 2.24) is 9.55 Å². The molecule has 0 aliphatic rings. The second kappa shape index (κ2) is 3.96. The van der Waals surface area contributed by atoms with Gasteiger partial charge in [0.15, 0.2) is 0 Å². The summed E-state index contributed by atoms with van der Waals surface area (Å²) in [5.74, 6) is 0. The molecule has 0 aliphatic carbocycles. The monoisotopic (exact) mass is 250 g/mol. The second-order valence-corrected chi connectivity index (χ2v) is 4.52. The Morgan fingerprint density at radius 1 is 1.36 bits per heavy atom. The van der Waals surface area contributed by atoms with Crippen LogP contribution in [0.3, 0.4) is 0 Å². The summed E-state index contributed by atoms with van der Waals surface area (Å²) in [4.78, 5) is 4.39. The summed E-state index contributed by atoms with van der Waals surface area (Å²) in [6.45, 7) is 2.12. The van der Waals surface area contributed by atoms with Crippen LogP contribution in [0.5, 0.6) is 0 Å². The smallest absolute Gasteiger partial charge is 0.0991 e. The van der Waals surface area contributed by atoms with Gasteiger partial charge in [-0.2, -0.15) is 0 Å². The molecule has 1 aromatic heterocycles. The van der Waals surface area contributed by atoms with Gasteiger partial charge in [0.2, 0.25) is 0 Å². The normalized spacial score (nSPS) is 12.7. The van der Waals surface area contributed by atoms with Gasteiger partial charge in [-0.25, -0.2) is 4.98 Å². The van der Waals surface area contributed by atoms with E-state index in [0.29, 0.717) is 4.83 Å². The van der Waals surface area contributed by atoms with E-state index in [4.69, 9.17) is 0 Å². The third-order valence-corrected chi connectivity index (χ3v) is 2.64. The van der Waals surface area contributed by atoms with Crippen molar-refractivity contribution in [2.45, 2.75) is 11.8 Å². The Morgan fingerprint density at radius 3 is 2.79 bits per heavy atom. The molecule has 0 radical (unpaired) electrons. The largest absolute Gasteiger partial charge is 0.306 e. The van der Waals surface area contributed by atoms with Crippen LogP contribution in [0.2, 0.25) is 0 Å². The Bertz CT molecular complexity index is 407. The highest BCUT2D eigenvalue weighted by Gasteiger charge is 2.07. The quantitative estimate of drug-likeness (QED) is 0.748.